The molecule has 1 aromatic carbocycles. The molecule has 1 aromatic rings. The van der Waals surface area contributed by atoms with E-state index in [9.17, 15) is 9.90 Å². The second-order valence-electron chi connectivity index (χ2n) is 5.03. The molecule has 4 nitrogen and oxygen atoms in total. The number of hydrogen-bond acceptors (Lipinski definition) is 3. The smallest absolute Gasteiger partial charge is 0.310 e. The number of carboxylic acids is 1. The van der Waals surface area contributed by atoms with Crippen LogP contribution >= 0.6 is 0 Å². The van der Waals surface area contributed by atoms with E-state index >= 15 is 0 Å². The number of anilines is 1. The van der Waals surface area contributed by atoms with Crippen molar-refractivity contribution in [3.05, 3.63) is 23.8 Å². The molecule has 1 atom stereocenters. The van der Waals surface area contributed by atoms with Gasteiger partial charge in [-0.15, -0.1) is 0 Å². The molecule has 1 N–H and O–H groups in total. The number of ether oxygens (including phenoxy) is 1. The zero-order valence-corrected chi connectivity index (χ0v) is 11.6. The van der Waals surface area contributed by atoms with Gasteiger partial charge in [-0.25, -0.2) is 0 Å². The van der Waals surface area contributed by atoms with E-state index in [1.165, 1.54) is 19.3 Å². The van der Waals surface area contributed by atoms with Gasteiger partial charge in [0.05, 0.1) is 13.0 Å². The van der Waals surface area contributed by atoms with Gasteiger partial charge in [0.1, 0.15) is 5.75 Å². The third-order valence-electron chi connectivity index (χ3n) is 3.77. The molecule has 1 aliphatic rings. The minimum atomic E-state index is -0.800. The van der Waals surface area contributed by atoms with Gasteiger partial charge in [0, 0.05) is 18.8 Å². The third-order valence-corrected chi connectivity index (χ3v) is 3.77. The van der Waals surface area contributed by atoms with Crippen LogP contribution in [0.15, 0.2) is 18.2 Å². The van der Waals surface area contributed by atoms with Crippen LogP contribution in [0.3, 0.4) is 0 Å². The van der Waals surface area contributed by atoms with Crippen LogP contribution in [0.4, 0.5) is 5.69 Å². The first-order valence-electron chi connectivity index (χ1n) is 6.79. The van der Waals surface area contributed by atoms with E-state index in [-0.39, 0.29) is 0 Å². The van der Waals surface area contributed by atoms with Crippen molar-refractivity contribution in [2.24, 2.45) is 0 Å². The van der Waals surface area contributed by atoms with Gasteiger partial charge in [-0.1, -0.05) is 0 Å². The standard InChI is InChI=1S/C15H21NO3/c1-11(15(17)18)13-10-12(19-2)6-7-14(13)16-8-4-3-5-9-16/h6-7,10-11H,3-5,8-9H2,1-2H3,(H,17,18). The molecule has 2 rings (SSSR count). The minimum Gasteiger partial charge on any atom is -0.497 e. The van der Waals surface area contributed by atoms with Crippen molar-refractivity contribution in [3.63, 3.8) is 0 Å². The Morgan fingerprint density at radius 2 is 2.00 bits per heavy atom. The Kier molecular flexibility index (Phi) is 4.30. The van der Waals surface area contributed by atoms with Gasteiger partial charge in [0.15, 0.2) is 0 Å². The topological polar surface area (TPSA) is 49.8 Å². The highest BCUT2D eigenvalue weighted by molar-refractivity contribution is 5.79. The summed E-state index contributed by atoms with van der Waals surface area (Å²) in [5, 5.41) is 9.26. The highest BCUT2D eigenvalue weighted by Gasteiger charge is 2.22. The summed E-state index contributed by atoms with van der Waals surface area (Å²) in [6.45, 7) is 3.74. The number of methoxy groups -OCH3 is 1. The van der Waals surface area contributed by atoms with E-state index in [0.717, 1.165) is 24.3 Å². The fraction of sp³-hybridized carbons (Fsp3) is 0.533. The van der Waals surface area contributed by atoms with Crippen LogP contribution in [0.2, 0.25) is 0 Å². The van der Waals surface area contributed by atoms with Crippen molar-refractivity contribution in [2.75, 3.05) is 25.1 Å². The molecule has 0 aliphatic carbocycles. The lowest BCUT2D eigenvalue weighted by Gasteiger charge is -2.31. The van der Waals surface area contributed by atoms with Crippen LogP contribution in [0.1, 0.15) is 37.7 Å². The molecule has 0 spiro atoms. The summed E-state index contributed by atoms with van der Waals surface area (Å²) >= 11 is 0. The number of piperidine rings is 1. The lowest BCUT2D eigenvalue weighted by Crippen LogP contribution is -2.30. The Hall–Kier alpha value is -1.71. The first-order chi connectivity index (χ1) is 9.13. The van der Waals surface area contributed by atoms with E-state index in [0.29, 0.717) is 5.75 Å². The molecule has 0 radical (unpaired) electrons. The molecule has 0 saturated carbocycles. The van der Waals surface area contributed by atoms with E-state index in [4.69, 9.17) is 4.74 Å². The fourth-order valence-electron chi connectivity index (χ4n) is 2.56. The molecule has 0 aromatic heterocycles. The summed E-state index contributed by atoms with van der Waals surface area (Å²) in [7, 11) is 1.60. The molecule has 19 heavy (non-hydrogen) atoms. The Bertz CT molecular complexity index is 453. The van der Waals surface area contributed by atoms with Gasteiger partial charge >= 0.3 is 5.97 Å². The van der Waals surface area contributed by atoms with E-state index in [1.54, 1.807) is 14.0 Å². The number of carboxylic acid groups (broad SMARTS) is 1. The van der Waals surface area contributed by atoms with Gasteiger partial charge in [-0.05, 0) is 49.9 Å². The average Bonchev–Trinajstić information content (AvgIpc) is 2.46. The molecule has 1 fully saturated rings. The SMILES string of the molecule is COc1ccc(N2CCCCC2)c(C(C)C(=O)O)c1. The van der Waals surface area contributed by atoms with Crippen molar-refractivity contribution < 1.29 is 14.6 Å². The van der Waals surface area contributed by atoms with Gasteiger partial charge in [0.2, 0.25) is 0 Å². The molecular weight excluding hydrogens is 242 g/mol. The first-order valence-corrected chi connectivity index (χ1v) is 6.79. The maximum Gasteiger partial charge on any atom is 0.310 e. The number of carbonyl (C=O) groups is 1. The van der Waals surface area contributed by atoms with E-state index in [2.05, 4.69) is 4.90 Å². The Balaban J connectivity index is 2.37. The molecule has 1 heterocycles. The monoisotopic (exact) mass is 263 g/mol. The van der Waals surface area contributed by atoms with Crippen LogP contribution in [0, 0.1) is 0 Å². The molecule has 0 amide bonds. The summed E-state index contributed by atoms with van der Waals surface area (Å²) in [5.74, 6) is -0.609. The van der Waals surface area contributed by atoms with Gasteiger partial charge in [-0.2, -0.15) is 0 Å². The van der Waals surface area contributed by atoms with Crippen molar-refractivity contribution in [1.29, 1.82) is 0 Å². The number of hydrogen-bond donors (Lipinski definition) is 1. The van der Waals surface area contributed by atoms with Crippen LogP contribution in [0.25, 0.3) is 0 Å². The number of aliphatic carboxylic acids is 1. The maximum atomic E-state index is 11.3. The number of rotatable bonds is 4. The van der Waals surface area contributed by atoms with Crippen molar-refractivity contribution in [1.82, 2.24) is 0 Å². The Morgan fingerprint density at radius 1 is 1.32 bits per heavy atom. The Labute approximate surface area is 114 Å². The summed E-state index contributed by atoms with van der Waals surface area (Å²) in [5.41, 5.74) is 1.88. The Morgan fingerprint density at radius 3 is 2.58 bits per heavy atom. The molecule has 104 valence electrons. The molecule has 1 unspecified atom stereocenters. The van der Waals surface area contributed by atoms with Gasteiger partial charge in [-0.3, -0.25) is 4.79 Å². The second kappa shape index (κ2) is 5.95. The normalized spacial score (nSPS) is 17.1. The largest absolute Gasteiger partial charge is 0.497 e. The van der Waals surface area contributed by atoms with Gasteiger partial charge < -0.3 is 14.7 Å². The predicted octanol–water partition coefficient (Wildman–Crippen LogP) is 2.87. The summed E-state index contributed by atoms with van der Waals surface area (Å²) in [6.07, 6.45) is 3.61. The fourth-order valence-corrected chi connectivity index (χ4v) is 2.56. The molecule has 1 aliphatic heterocycles. The van der Waals surface area contributed by atoms with Crippen molar-refractivity contribution in [2.45, 2.75) is 32.1 Å². The van der Waals surface area contributed by atoms with Crippen molar-refractivity contribution >= 4 is 11.7 Å². The van der Waals surface area contributed by atoms with Crippen LogP contribution < -0.4 is 9.64 Å². The zero-order chi connectivity index (χ0) is 13.8. The minimum absolute atomic E-state index is 0.521. The predicted molar refractivity (Wildman–Crippen MR) is 75.1 cm³/mol. The maximum absolute atomic E-state index is 11.3. The third kappa shape index (κ3) is 3.00. The van der Waals surface area contributed by atoms with Crippen LogP contribution in [-0.4, -0.2) is 31.3 Å². The molecule has 4 heteroatoms. The van der Waals surface area contributed by atoms with Crippen LogP contribution in [-0.2, 0) is 4.79 Å². The molecule has 0 bridgehead atoms. The molecular formula is C15H21NO3. The first kappa shape index (κ1) is 13.7. The highest BCUT2D eigenvalue weighted by atomic mass is 16.5. The van der Waals surface area contributed by atoms with Crippen molar-refractivity contribution in [3.8, 4) is 5.75 Å². The van der Waals surface area contributed by atoms with Gasteiger partial charge in [0.25, 0.3) is 0 Å². The van der Waals surface area contributed by atoms with E-state index < -0.39 is 11.9 Å². The second-order valence-corrected chi connectivity index (χ2v) is 5.03. The van der Waals surface area contributed by atoms with Crippen LogP contribution in [0.5, 0.6) is 5.75 Å². The van der Waals surface area contributed by atoms with E-state index in [1.807, 2.05) is 18.2 Å². The number of nitrogens with zero attached hydrogens (tertiary/aromatic N) is 1. The quantitative estimate of drug-likeness (QED) is 0.907. The average molecular weight is 263 g/mol. The highest BCUT2D eigenvalue weighted by Crippen LogP contribution is 2.33. The summed E-state index contributed by atoms with van der Waals surface area (Å²) in [4.78, 5) is 13.6. The summed E-state index contributed by atoms with van der Waals surface area (Å²) in [6, 6.07) is 5.74. The lowest BCUT2D eigenvalue weighted by molar-refractivity contribution is -0.138. The zero-order valence-electron chi connectivity index (χ0n) is 11.6. The molecule has 1 saturated heterocycles. The number of benzene rings is 1. The summed E-state index contributed by atoms with van der Waals surface area (Å²) < 4.78 is 5.22. The lowest BCUT2D eigenvalue weighted by atomic mass is 9.97.